The first-order valence-electron chi connectivity index (χ1n) is 47.6. The van der Waals surface area contributed by atoms with Crippen molar-refractivity contribution in [1.29, 1.82) is 0 Å². The molecular formula is C102H114Cl2N24O14. The van der Waals surface area contributed by atoms with Gasteiger partial charge in [0.15, 0.2) is 0 Å². The standard InChI is InChI=1S/C30H32N6O3.C26H30N6O3.C24H28N6O3.C22H24Cl2N6O5/c1-2-25(37)32-23-10-6-7-11-24(23)33-27-31-18-22-20-36(29-12-15-30(39,16-13-29)17-14-29)28(38)35(26(22)34-27)19-21-8-4-3-5-9-21;1-2-21(33)28-19-5-3-4-6-20(19)29-23-27-15-17-16-31(24(34)32(18-7-8-18)22(17)30-23)25-9-12-26(35,13-10-25)14-11-25;1-3-19(31)26-17-6-4-5-7-18(17)27-21-25-14-16-15-30(22(32)29(2)20(16)28-21)23-8-11-24(33,12-9-23)13-10-23;1-5-16(31)26-12-9-35-10-13(12)27-21-25-7-11-8-30(22(32)29(2)20(11)28-21)19-17(23)14(33-3)6-15(34-4)18(19)24/h2-11,18,39H,1,12-17,19-20H2,(H,32,37)(H,31,33,34);2-6,15,18,35H,1,7-14,16H2,(H,28,33)(H,27,29,30);3-7,14,33H,1,8-13,15H2,2H3,(H,26,31)(H,25,27,28);5-7,12-13H,1,8-10H2,2-4H3,(H,26,31)(H,25,27,28)/t;;;12-,13+/m...0/s1. The molecule has 38 nitrogen and oxygen atoms in total. The number of ether oxygens (including phenoxy) is 3. The lowest BCUT2D eigenvalue weighted by atomic mass is 9.62. The Balaban J connectivity index is 0.000000125. The third kappa shape index (κ3) is 19.9. The number of para-hydroxylation sites is 6. The molecule has 10 saturated carbocycles. The topological polar surface area (TPSA) is 450 Å². The summed E-state index contributed by atoms with van der Waals surface area (Å²) in [7, 11) is 6.25. The van der Waals surface area contributed by atoms with E-state index in [1.165, 1.54) is 48.3 Å². The minimum atomic E-state index is -0.576. The highest BCUT2D eigenvalue weighted by atomic mass is 35.5. The number of urea groups is 4. The van der Waals surface area contributed by atoms with Crippen LogP contribution in [0.4, 0.5) is 106 Å². The number of carbonyl (C=O) groups excluding carboxylic acids is 8. The molecule has 4 aromatic heterocycles. The van der Waals surface area contributed by atoms with Crippen molar-refractivity contribution in [2.24, 2.45) is 0 Å². The molecule has 11 N–H and O–H groups in total. The SMILES string of the molecule is C=CC(=O)N[C@H]1COC[C@H]1Nc1ncc2c(n1)N(C)C(=O)N(c1c(Cl)c(OC)cc(OC)c1Cl)C2.C=CC(=O)Nc1ccccc1Nc1ncc2c(n1)N(C)C(=O)N(C13CCC(O)(CC1)CC3)C2.C=CC(=O)Nc1ccccc1Nc1ncc2c(n1)N(C1CC1)C(=O)N(C13CCC(O)(CC1)CC3)C2.C=CC(=O)Nc1ccccc1Nc1ncc2c(n1)N(Cc1ccccc1)C(=O)N(C13CCC(O)(CC1)CC3)C2. The van der Waals surface area contributed by atoms with Gasteiger partial charge in [-0.2, -0.15) is 19.9 Å². The van der Waals surface area contributed by atoms with Crippen LogP contribution in [0.2, 0.25) is 10.0 Å². The Kier molecular flexibility index (Phi) is 27.7. The van der Waals surface area contributed by atoms with Gasteiger partial charge in [-0.05, 0) is 195 Å². The number of fused-ring (bicyclic) bond motifs is 13. The minimum absolute atomic E-state index is 0.0237. The molecule has 9 aromatic rings. The van der Waals surface area contributed by atoms with Crippen molar-refractivity contribution in [3.05, 3.63) is 222 Å². The summed E-state index contributed by atoms with van der Waals surface area (Å²) in [6.07, 6.45) is 27.8. The van der Waals surface area contributed by atoms with Crippen LogP contribution in [0.5, 0.6) is 11.5 Å². The molecule has 142 heavy (non-hydrogen) atoms. The van der Waals surface area contributed by atoms with E-state index in [0.29, 0.717) is 138 Å². The van der Waals surface area contributed by atoms with Crippen LogP contribution in [-0.2, 0) is 56.6 Å². The summed E-state index contributed by atoms with van der Waals surface area (Å²) in [6.45, 7) is 16.6. The fourth-order valence-electron chi connectivity index (χ4n) is 21.1. The molecular weight excluding hydrogens is 1860 g/mol. The Labute approximate surface area is 830 Å². The molecule has 11 fully saturated rings. The minimum Gasteiger partial charge on any atom is -0.495 e. The summed E-state index contributed by atoms with van der Waals surface area (Å²) >= 11 is 13.1. The number of hydrogen-bond acceptors (Lipinski definition) is 26. The van der Waals surface area contributed by atoms with Gasteiger partial charge in [0.05, 0.1) is 129 Å². The molecule has 5 aliphatic heterocycles. The number of halogens is 2. The number of nitrogens with one attached hydrogen (secondary N) is 8. The normalized spacial score (nSPS) is 24.1. The van der Waals surface area contributed by atoms with Crippen molar-refractivity contribution in [3.63, 3.8) is 0 Å². The molecule has 1 saturated heterocycles. The van der Waals surface area contributed by atoms with Gasteiger partial charge in [-0.1, -0.05) is 116 Å². The van der Waals surface area contributed by atoms with E-state index in [2.05, 4.69) is 98.8 Å². The molecule has 6 bridgehead atoms. The number of carbonyl (C=O) groups is 8. The van der Waals surface area contributed by atoms with E-state index in [1.807, 2.05) is 111 Å². The molecule has 0 spiro atoms. The van der Waals surface area contributed by atoms with Gasteiger partial charge in [0.2, 0.25) is 47.4 Å². The van der Waals surface area contributed by atoms with Gasteiger partial charge in [0.1, 0.15) is 44.8 Å². The molecule has 2 atom stereocenters. The summed E-state index contributed by atoms with van der Waals surface area (Å²) < 4.78 is 16.1. The Bertz CT molecular complexity index is 6370. The van der Waals surface area contributed by atoms with Crippen LogP contribution in [0.3, 0.4) is 0 Å². The molecule has 0 radical (unpaired) electrons. The van der Waals surface area contributed by atoms with Gasteiger partial charge >= 0.3 is 24.1 Å². The molecule has 24 rings (SSSR count). The van der Waals surface area contributed by atoms with Crippen molar-refractivity contribution < 1.29 is 67.9 Å². The Morgan fingerprint density at radius 1 is 0.437 bits per heavy atom. The van der Waals surface area contributed by atoms with Crippen molar-refractivity contribution in [2.45, 2.75) is 213 Å². The van der Waals surface area contributed by atoms with Crippen LogP contribution in [-0.4, -0.2) is 211 Å². The number of rotatable bonds is 25. The Hall–Kier alpha value is -14.4. The van der Waals surface area contributed by atoms with Gasteiger partial charge in [-0.25, -0.2) is 39.1 Å². The lowest BCUT2D eigenvalue weighted by molar-refractivity contribution is -0.117. The van der Waals surface area contributed by atoms with Crippen LogP contribution < -0.4 is 76.5 Å². The van der Waals surface area contributed by atoms with Crippen molar-refractivity contribution in [3.8, 4) is 11.5 Å². The average Bonchev–Trinajstić information content (AvgIpc) is 1.21. The summed E-state index contributed by atoms with van der Waals surface area (Å²) in [6, 6.07) is 32.4. The quantitative estimate of drug-likeness (QED) is 0.0237. The molecule has 0 unspecified atom stereocenters. The average molecular weight is 1970 g/mol. The zero-order valence-electron chi connectivity index (χ0n) is 79.4. The van der Waals surface area contributed by atoms with E-state index in [9.17, 15) is 53.7 Å². The lowest BCUT2D eigenvalue weighted by Crippen LogP contribution is -2.64. The van der Waals surface area contributed by atoms with E-state index in [-0.39, 0.29) is 98.7 Å². The number of hydrogen-bond donors (Lipinski definition) is 11. The number of nitrogens with zero attached hydrogens (tertiary/aromatic N) is 16. The molecule has 15 aliphatic rings. The van der Waals surface area contributed by atoms with Crippen molar-refractivity contribution in [2.75, 3.05) is 103 Å². The highest BCUT2D eigenvalue weighted by molar-refractivity contribution is 6.42. The number of methoxy groups -OCH3 is 2. The zero-order chi connectivity index (χ0) is 99.7. The molecule has 10 aliphatic carbocycles. The van der Waals surface area contributed by atoms with Gasteiger partial charge in [0, 0.05) is 89.9 Å². The van der Waals surface area contributed by atoms with Crippen LogP contribution in [0.15, 0.2) is 185 Å². The first-order chi connectivity index (χ1) is 68.4. The van der Waals surface area contributed by atoms with E-state index >= 15 is 0 Å². The number of benzene rings is 5. The molecule has 5 aromatic carbocycles. The van der Waals surface area contributed by atoms with Crippen LogP contribution in [0.1, 0.15) is 156 Å². The number of aliphatic hydroxyl groups is 3. The fraction of sp³-hybridized carbons (Fsp3) is 0.392. The maximum absolute atomic E-state index is 14.2. The monoisotopic (exact) mass is 1970 g/mol. The maximum atomic E-state index is 14.2. The summed E-state index contributed by atoms with van der Waals surface area (Å²) in [5.74, 6) is 2.96. The predicted octanol–water partition coefficient (Wildman–Crippen LogP) is 15.6. The molecule has 40 heteroatoms. The van der Waals surface area contributed by atoms with Crippen LogP contribution in [0.25, 0.3) is 0 Å². The van der Waals surface area contributed by atoms with Crippen LogP contribution in [0, 0.1) is 0 Å². The van der Waals surface area contributed by atoms with Gasteiger partial charge < -0.3 is 86.8 Å². The second kappa shape index (κ2) is 40.3. The zero-order valence-corrected chi connectivity index (χ0v) is 80.9. The summed E-state index contributed by atoms with van der Waals surface area (Å²) in [4.78, 5) is 153. The van der Waals surface area contributed by atoms with E-state index in [0.717, 1.165) is 151 Å². The largest absolute Gasteiger partial charge is 0.495 e. The maximum Gasteiger partial charge on any atom is 0.330 e. The molecule has 12 amide bonds. The third-order valence-corrected chi connectivity index (χ3v) is 30.4. The summed E-state index contributed by atoms with van der Waals surface area (Å²) in [5, 5.41) is 56.2. The first kappa shape index (κ1) is 97.8. The smallest absolute Gasteiger partial charge is 0.330 e. The van der Waals surface area contributed by atoms with Crippen LogP contribution >= 0.6 is 23.2 Å². The Morgan fingerprint density at radius 3 is 1.21 bits per heavy atom. The van der Waals surface area contributed by atoms with E-state index in [4.69, 9.17) is 47.4 Å². The second-order valence-electron chi connectivity index (χ2n) is 38.2. The van der Waals surface area contributed by atoms with E-state index in [1.54, 1.807) is 66.8 Å². The fourth-order valence-corrected chi connectivity index (χ4v) is 21.8. The number of aromatic nitrogens is 8. The third-order valence-electron chi connectivity index (χ3n) is 29.6. The van der Waals surface area contributed by atoms with Gasteiger partial charge in [-0.15, -0.1) is 0 Å². The van der Waals surface area contributed by atoms with Crippen molar-refractivity contribution >= 4 is 158 Å². The summed E-state index contributed by atoms with van der Waals surface area (Å²) in [5.41, 5.74) is 5.98. The number of anilines is 15. The lowest BCUT2D eigenvalue weighted by Gasteiger charge is -2.57. The van der Waals surface area contributed by atoms with Crippen molar-refractivity contribution in [1.82, 2.24) is 59.9 Å². The molecule has 740 valence electrons. The highest BCUT2D eigenvalue weighted by Gasteiger charge is 2.58. The number of amides is 12. The first-order valence-corrected chi connectivity index (χ1v) is 48.4. The Morgan fingerprint density at radius 2 is 0.789 bits per heavy atom. The van der Waals surface area contributed by atoms with Gasteiger partial charge in [-0.3, -0.25) is 43.7 Å². The van der Waals surface area contributed by atoms with Gasteiger partial charge in [0.25, 0.3) is 0 Å². The second-order valence-corrected chi connectivity index (χ2v) is 39.0. The molecule has 9 heterocycles. The predicted molar refractivity (Wildman–Crippen MR) is 539 cm³/mol. The highest BCUT2D eigenvalue weighted by Crippen LogP contribution is 2.57. The van der Waals surface area contributed by atoms with E-state index < -0.39 is 22.8 Å².